The Morgan fingerprint density at radius 2 is 2.11 bits per heavy atom. The maximum absolute atomic E-state index is 5.42. The van der Waals surface area contributed by atoms with Crippen molar-refractivity contribution in [1.29, 1.82) is 0 Å². The van der Waals surface area contributed by atoms with Crippen LogP contribution in [0, 0.1) is 0 Å². The molecule has 1 aromatic rings. The SMILES string of the molecule is COc1ccccc1[C@H](C)NC1CC(C)N(C)C1. The van der Waals surface area contributed by atoms with Crippen molar-refractivity contribution in [1.82, 2.24) is 10.2 Å². The molecule has 0 aromatic heterocycles. The van der Waals surface area contributed by atoms with Gasteiger partial charge in [0.05, 0.1) is 7.11 Å². The van der Waals surface area contributed by atoms with Crippen molar-refractivity contribution in [2.75, 3.05) is 20.7 Å². The molecule has 1 saturated heterocycles. The highest BCUT2D eigenvalue weighted by Gasteiger charge is 2.27. The van der Waals surface area contributed by atoms with Crippen LogP contribution in [0.3, 0.4) is 0 Å². The molecule has 0 bridgehead atoms. The van der Waals surface area contributed by atoms with Crippen LogP contribution in [0.4, 0.5) is 0 Å². The highest BCUT2D eigenvalue weighted by Crippen LogP contribution is 2.26. The van der Waals surface area contributed by atoms with Crippen LogP contribution in [0.1, 0.15) is 31.9 Å². The van der Waals surface area contributed by atoms with Crippen molar-refractivity contribution >= 4 is 0 Å². The first kappa shape index (κ1) is 13.4. The van der Waals surface area contributed by atoms with Crippen molar-refractivity contribution in [3.05, 3.63) is 29.8 Å². The average molecular weight is 248 g/mol. The van der Waals surface area contributed by atoms with Crippen molar-refractivity contribution in [2.45, 2.75) is 38.4 Å². The van der Waals surface area contributed by atoms with Gasteiger partial charge in [-0.15, -0.1) is 0 Å². The van der Waals surface area contributed by atoms with Crippen molar-refractivity contribution < 1.29 is 4.74 Å². The summed E-state index contributed by atoms with van der Waals surface area (Å²) in [6.45, 7) is 5.62. The molecule has 2 rings (SSSR count). The molecule has 2 unspecified atom stereocenters. The summed E-state index contributed by atoms with van der Waals surface area (Å²) in [6, 6.07) is 9.82. The minimum Gasteiger partial charge on any atom is -0.496 e. The monoisotopic (exact) mass is 248 g/mol. The Morgan fingerprint density at radius 1 is 1.39 bits per heavy atom. The molecule has 1 N–H and O–H groups in total. The lowest BCUT2D eigenvalue weighted by molar-refractivity contribution is 0.324. The van der Waals surface area contributed by atoms with E-state index in [0.29, 0.717) is 18.1 Å². The molecule has 3 heteroatoms. The van der Waals surface area contributed by atoms with Gasteiger partial charge >= 0.3 is 0 Å². The maximum atomic E-state index is 5.42. The zero-order valence-electron chi connectivity index (χ0n) is 11.8. The topological polar surface area (TPSA) is 24.5 Å². The molecule has 0 saturated carbocycles. The molecule has 3 atom stereocenters. The zero-order valence-corrected chi connectivity index (χ0v) is 11.8. The fraction of sp³-hybridized carbons (Fsp3) is 0.600. The standard InChI is InChI=1S/C15H24N2O/c1-11-9-13(10-17(11)3)16-12(2)14-7-5-6-8-15(14)18-4/h5-8,11-13,16H,9-10H2,1-4H3/t11?,12-,13?/m0/s1. The molecule has 0 aliphatic carbocycles. The number of rotatable bonds is 4. The molecular formula is C15H24N2O. The molecule has 1 aromatic carbocycles. The average Bonchev–Trinajstić information content (AvgIpc) is 2.68. The number of benzene rings is 1. The lowest BCUT2D eigenvalue weighted by atomic mass is 10.1. The molecular weight excluding hydrogens is 224 g/mol. The first-order valence-electron chi connectivity index (χ1n) is 6.71. The normalized spacial score (nSPS) is 26.2. The molecule has 0 radical (unpaired) electrons. The van der Waals surface area contributed by atoms with Gasteiger partial charge in [0.2, 0.25) is 0 Å². The second kappa shape index (κ2) is 5.72. The smallest absolute Gasteiger partial charge is 0.123 e. The number of likely N-dealkylation sites (N-methyl/N-ethyl adjacent to an activating group) is 1. The van der Waals surface area contributed by atoms with E-state index in [1.54, 1.807) is 7.11 Å². The largest absolute Gasteiger partial charge is 0.496 e. The first-order valence-corrected chi connectivity index (χ1v) is 6.71. The Bertz CT molecular complexity index is 384. The molecule has 3 nitrogen and oxygen atoms in total. The van der Waals surface area contributed by atoms with Gasteiger partial charge in [0.1, 0.15) is 5.75 Å². The van der Waals surface area contributed by atoms with Crippen LogP contribution in [0.2, 0.25) is 0 Å². The predicted octanol–water partition coefficient (Wildman–Crippen LogP) is 2.44. The van der Waals surface area contributed by atoms with E-state index in [2.05, 4.69) is 43.2 Å². The third-order valence-electron chi connectivity index (χ3n) is 3.98. The maximum Gasteiger partial charge on any atom is 0.123 e. The van der Waals surface area contributed by atoms with Crippen molar-refractivity contribution in [2.24, 2.45) is 0 Å². The third kappa shape index (κ3) is 2.85. The van der Waals surface area contributed by atoms with E-state index in [0.717, 1.165) is 12.3 Å². The summed E-state index contributed by atoms with van der Waals surface area (Å²) in [5.74, 6) is 0.969. The van der Waals surface area contributed by atoms with Gasteiger partial charge in [0.25, 0.3) is 0 Å². The van der Waals surface area contributed by atoms with E-state index >= 15 is 0 Å². The number of hydrogen-bond donors (Lipinski definition) is 1. The van der Waals surface area contributed by atoms with Crippen molar-refractivity contribution in [3.63, 3.8) is 0 Å². The van der Waals surface area contributed by atoms with Gasteiger partial charge in [-0.05, 0) is 33.4 Å². The molecule has 1 heterocycles. The highest BCUT2D eigenvalue weighted by atomic mass is 16.5. The van der Waals surface area contributed by atoms with Gasteiger partial charge in [0, 0.05) is 30.2 Å². The first-order chi connectivity index (χ1) is 8.61. The lowest BCUT2D eigenvalue weighted by Gasteiger charge is -2.21. The summed E-state index contributed by atoms with van der Waals surface area (Å²) >= 11 is 0. The van der Waals surface area contributed by atoms with E-state index in [4.69, 9.17) is 4.74 Å². The minimum atomic E-state index is 0.324. The van der Waals surface area contributed by atoms with Gasteiger partial charge in [-0.3, -0.25) is 0 Å². The second-order valence-corrected chi connectivity index (χ2v) is 5.35. The lowest BCUT2D eigenvalue weighted by Crippen LogP contribution is -2.33. The summed E-state index contributed by atoms with van der Waals surface area (Å²) in [5, 5.41) is 3.71. The van der Waals surface area contributed by atoms with Crippen LogP contribution in [0.15, 0.2) is 24.3 Å². The zero-order chi connectivity index (χ0) is 13.1. The third-order valence-corrected chi connectivity index (χ3v) is 3.98. The number of likely N-dealkylation sites (tertiary alicyclic amines) is 1. The summed E-state index contributed by atoms with van der Waals surface area (Å²) < 4.78 is 5.42. The van der Waals surface area contributed by atoms with E-state index in [1.807, 2.05) is 12.1 Å². The molecule has 18 heavy (non-hydrogen) atoms. The van der Waals surface area contributed by atoms with Crippen LogP contribution in [-0.4, -0.2) is 37.7 Å². The summed E-state index contributed by atoms with van der Waals surface area (Å²) in [7, 11) is 3.93. The molecule has 1 fully saturated rings. The summed E-state index contributed by atoms with van der Waals surface area (Å²) in [6.07, 6.45) is 1.22. The van der Waals surface area contributed by atoms with Crippen LogP contribution in [-0.2, 0) is 0 Å². The molecule has 100 valence electrons. The Morgan fingerprint density at radius 3 is 2.72 bits per heavy atom. The van der Waals surface area contributed by atoms with E-state index in [-0.39, 0.29) is 0 Å². The number of nitrogens with zero attached hydrogens (tertiary/aromatic N) is 1. The Labute approximate surface area is 110 Å². The Balaban J connectivity index is 2.01. The number of para-hydroxylation sites is 1. The van der Waals surface area contributed by atoms with E-state index in [9.17, 15) is 0 Å². The number of nitrogens with one attached hydrogen (secondary N) is 1. The van der Waals surface area contributed by atoms with Gasteiger partial charge in [-0.1, -0.05) is 18.2 Å². The summed E-state index contributed by atoms with van der Waals surface area (Å²) in [4.78, 5) is 2.41. The van der Waals surface area contributed by atoms with Crippen LogP contribution in [0.5, 0.6) is 5.75 Å². The van der Waals surface area contributed by atoms with Crippen molar-refractivity contribution in [3.8, 4) is 5.75 Å². The van der Waals surface area contributed by atoms with Crippen LogP contribution < -0.4 is 10.1 Å². The van der Waals surface area contributed by atoms with Gasteiger partial charge in [-0.25, -0.2) is 0 Å². The molecule has 1 aliphatic heterocycles. The van der Waals surface area contributed by atoms with Crippen LogP contribution >= 0.6 is 0 Å². The van der Waals surface area contributed by atoms with Gasteiger partial charge in [0.15, 0.2) is 0 Å². The van der Waals surface area contributed by atoms with Gasteiger partial charge < -0.3 is 15.0 Å². The minimum absolute atomic E-state index is 0.324. The Hall–Kier alpha value is -1.06. The second-order valence-electron chi connectivity index (χ2n) is 5.35. The quantitative estimate of drug-likeness (QED) is 0.885. The number of methoxy groups -OCH3 is 1. The fourth-order valence-corrected chi connectivity index (χ4v) is 2.78. The summed E-state index contributed by atoms with van der Waals surface area (Å²) in [5.41, 5.74) is 1.24. The Kier molecular flexibility index (Phi) is 4.25. The number of hydrogen-bond acceptors (Lipinski definition) is 3. The highest BCUT2D eigenvalue weighted by molar-refractivity contribution is 5.35. The van der Waals surface area contributed by atoms with Crippen LogP contribution in [0.25, 0.3) is 0 Å². The molecule has 0 amide bonds. The van der Waals surface area contributed by atoms with Gasteiger partial charge in [-0.2, -0.15) is 0 Å². The fourth-order valence-electron chi connectivity index (χ4n) is 2.78. The molecule has 0 spiro atoms. The van der Waals surface area contributed by atoms with E-state index in [1.165, 1.54) is 12.0 Å². The number of ether oxygens (including phenoxy) is 1. The van der Waals surface area contributed by atoms with E-state index < -0.39 is 0 Å². The predicted molar refractivity (Wildman–Crippen MR) is 75.0 cm³/mol. The molecule has 1 aliphatic rings.